The third-order valence-electron chi connectivity index (χ3n) is 6.26. The van der Waals surface area contributed by atoms with E-state index in [2.05, 4.69) is 26.5 Å². The Morgan fingerprint density at radius 3 is 2.76 bits per heavy atom. The van der Waals surface area contributed by atoms with Crippen molar-refractivity contribution in [3.8, 4) is 17.3 Å². The predicted molar refractivity (Wildman–Crippen MR) is 123 cm³/mol. The molecule has 3 aromatic heterocycles. The third kappa shape index (κ3) is 4.15. The standard InChI is InChI=1S/C24H23N7O2/c25-11-9-20(15-3-1-2-4-15)31-14-17(13-27-31)21-19-10-12-26-22(19)30-24(29-21)28-18-7-5-16(6-8-18)23(32)33/h5-8,10,12-15,20H,1-4,9H2,(H,32,33)(H2,26,28,29,30). The number of nitriles is 1. The Bertz CT molecular complexity index is 1330. The average molecular weight is 441 g/mol. The zero-order valence-electron chi connectivity index (χ0n) is 17.9. The number of anilines is 2. The summed E-state index contributed by atoms with van der Waals surface area (Å²) in [6.45, 7) is 0. The Kier molecular flexibility index (Phi) is 5.48. The normalized spacial score (nSPS) is 14.9. The first-order valence-corrected chi connectivity index (χ1v) is 11.0. The molecule has 1 saturated carbocycles. The summed E-state index contributed by atoms with van der Waals surface area (Å²) in [6, 6.07) is 10.7. The Morgan fingerprint density at radius 2 is 2.03 bits per heavy atom. The maximum Gasteiger partial charge on any atom is 0.335 e. The van der Waals surface area contributed by atoms with Crippen LogP contribution in [0.4, 0.5) is 11.6 Å². The highest BCUT2D eigenvalue weighted by Gasteiger charge is 2.27. The molecule has 4 aromatic rings. The van der Waals surface area contributed by atoms with Gasteiger partial charge in [0.1, 0.15) is 5.65 Å². The number of hydrogen-bond acceptors (Lipinski definition) is 6. The molecule has 0 amide bonds. The number of nitrogens with zero attached hydrogens (tertiary/aromatic N) is 5. The number of aromatic nitrogens is 5. The van der Waals surface area contributed by atoms with E-state index in [0.717, 1.165) is 29.5 Å². The van der Waals surface area contributed by atoms with Gasteiger partial charge in [0, 0.05) is 29.0 Å². The molecule has 1 aromatic carbocycles. The first kappa shape index (κ1) is 20.7. The van der Waals surface area contributed by atoms with Gasteiger partial charge in [-0.1, -0.05) is 12.8 Å². The predicted octanol–water partition coefficient (Wildman–Crippen LogP) is 4.91. The molecule has 1 aliphatic carbocycles. The Hall–Kier alpha value is -4.19. The van der Waals surface area contributed by atoms with Gasteiger partial charge in [-0.15, -0.1) is 0 Å². The van der Waals surface area contributed by atoms with Gasteiger partial charge >= 0.3 is 5.97 Å². The molecule has 1 fully saturated rings. The summed E-state index contributed by atoms with van der Waals surface area (Å²) in [5, 5.41) is 27.1. The minimum Gasteiger partial charge on any atom is -0.478 e. The Balaban J connectivity index is 1.47. The SMILES string of the molecule is N#CCC(C1CCCC1)n1cc(-c2nc(Nc3ccc(C(=O)O)cc3)nc3[nH]ccc23)cn1. The molecule has 1 unspecified atom stereocenters. The molecule has 3 heterocycles. The van der Waals surface area contributed by atoms with Gasteiger partial charge in [-0.25, -0.2) is 9.78 Å². The van der Waals surface area contributed by atoms with E-state index in [1.54, 1.807) is 18.3 Å². The monoisotopic (exact) mass is 441 g/mol. The van der Waals surface area contributed by atoms with Crippen LogP contribution in [0.25, 0.3) is 22.3 Å². The number of rotatable bonds is 7. The van der Waals surface area contributed by atoms with Gasteiger partial charge < -0.3 is 15.4 Å². The minimum atomic E-state index is -0.975. The highest BCUT2D eigenvalue weighted by Crippen LogP contribution is 2.37. The van der Waals surface area contributed by atoms with E-state index in [1.165, 1.54) is 25.0 Å². The number of hydrogen-bond donors (Lipinski definition) is 3. The first-order valence-electron chi connectivity index (χ1n) is 11.0. The van der Waals surface area contributed by atoms with E-state index in [-0.39, 0.29) is 11.6 Å². The van der Waals surface area contributed by atoms with Crippen LogP contribution < -0.4 is 5.32 Å². The summed E-state index contributed by atoms with van der Waals surface area (Å²) in [7, 11) is 0. The lowest BCUT2D eigenvalue weighted by Crippen LogP contribution is -2.17. The number of nitrogens with one attached hydrogen (secondary N) is 2. The minimum absolute atomic E-state index is 0.0696. The third-order valence-corrected chi connectivity index (χ3v) is 6.26. The van der Waals surface area contributed by atoms with Gasteiger partial charge in [0.2, 0.25) is 5.95 Å². The number of benzene rings is 1. The molecule has 3 N–H and O–H groups in total. The van der Waals surface area contributed by atoms with Crippen LogP contribution in [0, 0.1) is 17.2 Å². The van der Waals surface area contributed by atoms with E-state index >= 15 is 0 Å². The summed E-state index contributed by atoms with van der Waals surface area (Å²) in [6.07, 6.45) is 10.7. The van der Waals surface area contributed by atoms with Crippen molar-refractivity contribution in [2.45, 2.75) is 38.1 Å². The van der Waals surface area contributed by atoms with Gasteiger partial charge in [-0.05, 0) is 49.1 Å². The van der Waals surface area contributed by atoms with Crippen molar-refractivity contribution in [1.29, 1.82) is 5.26 Å². The number of H-pyrrole nitrogens is 1. The van der Waals surface area contributed by atoms with Crippen LogP contribution in [0.5, 0.6) is 0 Å². The summed E-state index contributed by atoms with van der Waals surface area (Å²) >= 11 is 0. The first-order chi connectivity index (χ1) is 16.1. The largest absolute Gasteiger partial charge is 0.478 e. The molecule has 0 bridgehead atoms. The van der Waals surface area contributed by atoms with E-state index in [1.807, 2.05) is 23.1 Å². The molecule has 9 heteroatoms. The van der Waals surface area contributed by atoms with Crippen LogP contribution >= 0.6 is 0 Å². The highest BCUT2D eigenvalue weighted by molar-refractivity contribution is 5.91. The van der Waals surface area contributed by atoms with Crippen LogP contribution in [-0.4, -0.2) is 35.8 Å². The van der Waals surface area contributed by atoms with E-state index < -0.39 is 5.97 Å². The van der Waals surface area contributed by atoms with Crippen molar-refractivity contribution >= 4 is 28.6 Å². The second kappa shape index (κ2) is 8.74. The summed E-state index contributed by atoms with van der Waals surface area (Å²) in [5.74, 6) is -0.113. The summed E-state index contributed by atoms with van der Waals surface area (Å²) < 4.78 is 1.92. The van der Waals surface area contributed by atoms with Gasteiger partial charge in [-0.3, -0.25) is 4.68 Å². The van der Waals surface area contributed by atoms with E-state index in [0.29, 0.717) is 29.6 Å². The van der Waals surface area contributed by atoms with Crippen LogP contribution in [0.3, 0.4) is 0 Å². The van der Waals surface area contributed by atoms with Crippen LogP contribution in [0.15, 0.2) is 48.9 Å². The second-order valence-corrected chi connectivity index (χ2v) is 8.33. The maximum atomic E-state index is 11.1. The van der Waals surface area contributed by atoms with Crippen molar-refractivity contribution in [2.24, 2.45) is 5.92 Å². The summed E-state index contributed by atoms with van der Waals surface area (Å²) in [5.41, 5.74) is 3.17. The van der Waals surface area contributed by atoms with Crippen molar-refractivity contribution in [3.63, 3.8) is 0 Å². The molecule has 9 nitrogen and oxygen atoms in total. The van der Waals surface area contributed by atoms with Gasteiger partial charge in [0.15, 0.2) is 0 Å². The van der Waals surface area contributed by atoms with Gasteiger partial charge in [-0.2, -0.15) is 15.3 Å². The van der Waals surface area contributed by atoms with Crippen molar-refractivity contribution < 1.29 is 9.90 Å². The Labute approximate surface area is 190 Å². The molecule has 1 atom stereocenters. The zero-order chi connectivity index (χ0) is 22.8. The molecule has 33 heavy (non-hydrogen) atoms. The topological polar surface area (TPSA) is 133 Å². The summed E-state index contributed by atoms with van der Waals surface area (Å²) in [4.78, 5) is 23.5. The second-order valence-electron chi connectivity index (χ2n) is 8.33. The number of carbonyl (C=O) groups is 1. The quantitative estimate of drug-likeness (QED) is 0.371. The molecular weight excluding hydrogens is 418 g/mol. The van der Waals surface area contributed by atoms with E-state index in [4.69, 9.17) is 10.1 Å². The van der Waals surface area contributed by atoms with Crippen LogP contribution in [0.2, 0.25) is 0 Å². The number of carboxylic acid groups (broad SMARTS) is 1. The molecule has 0 saturated heterocycles. The van der Waals surface area contributed by atoms with E-state index in [9.17, 15) is 10.1 Å². The van der Waals surface area contributed by atoms with Crippen LogP contribution in [-0.2, 0) is 0 Å². The lowest BCUT2D eigenvalue weighted by Gasteiger charge is -2.21. The molecule has 0 radical (unpaired) electrons. The fourth-order valence-electron chi connectivity index (χ4n) is 4.60. The number of aromatic carboxylic acids is 1. The lowest BCUT2D eigenvalue weighted by molar-refractivity contribution is 0.0697. The number of carboxylic acids is 1. The molecule has 1 aliphatic rings. The maximum absolute atomic E-state index is 11.1. The Morgan fingerprint density at radius 1 is 1.24 bits per heavy atom. The molecule has 5 rings (SSSR count). The molecule has 0 spiro atoms. The number of fused-ring (bicyclic) bond motifs is 1. The van der Waals surface area contributed by atoms with Crippen molar-refractivity contribution in [3.05, 3.63) is 54.5 Å². The fraction of sp³-hybridized carbons (Fsp3) is 0.292. The average Bonchev–Trinajstić information content (AvgIpc) is 3.59. The van der Waals surface area contributed by atoms with Gasteiger partial charge in [0.25, 0.3) is 0 Å². The fourth-order valence-corrected chi connectivity index (χ4v) is 4.60. The van der Waals surface area contributed by atoms with Crippen LogP contribution in [0.1, 0.15) is 48.5 Å². The van der Waals surface area contributed by atoms with Crippen molar-refractivity contribution in [1.82, 2.24) is 24.7 Å². The molecule has 0 aliphatic heterocycles. The lowest BCUT2D eigenvalue weighted by atomic mass is 9.96. The van der Waals surface area contributed by atoms with Crippen molar-refractivity contribution in [2.75, 3.05) is 5.32 Å². The molecular formula is C24H23N7O2. The van der Waals surface area contributed by atoms with Gasteiger partial charge in [0.05, 0.1) is 36.0 Å². The zero-order valence-corrected chi connectivity index (χ0v) is 17.9. The highest BCUT2D eigenvalue weighted by atomic mass is 16.4. The number of aromatic amines is 1. The molecule has 166 valence electrons. The smallest absolute Gasteiger partial charge is 0.335 e.